The molecule has 0 saturated carbocycles. The molecule has 2 heterocycles. The number of carbonyl (C=O) groups is 2. The Labute approximate surface area is 130 Å². The predicted octanol–water partition coefficient (Wildman–Crippen LogP) is 1.65. The highest BCUT2D eigenvalue weighted by Crippen LogP contribution is 2.29. The van der Waals surface area contributed by atoms with Crippen LogP contribution in [0.2, 0.25) is 0 Å². The number of hydrogen-bond acceptors (Lipinski definition) is 4. The largest absolute Gasteiger partial charge is 0.308 e. The Bertz CT molecular complexity index is 1020. The van der Waals surface area contributed by atoms with E-state index in [1.807, 2.05) is 0 Å². The fraction of sp³-hybridized carbons (Fsp3) is 0.0588. The monoisotopic (exact) mass is 305 g/mol. The lowest BCUT2D eigenvalue weighted by molar-refractivity contribution is -0.114. The van der Waals surface area contributed by atoms with Crippen molar-refractivity contribution in [1.29, 1.82) is 0 Å². The molecular formula is C17H11N3O3. The molecule has 6 nitrogen and oxygen atoms in total. The summed E-state index contributed by atoms with van der Waals surface area (Å²) in [4.78, 5) is 44.6. The second kappa shape index (κ2) is 4.88. The molecule has 1 aliphatic rings. The van der Waals surface area contributed by atoms with Gasteiger partial charge in [0.1, 0.15) is 5.82 Å². The topological polar surface area (TPSA) is 83.1 Å². The first kappa shape index (κ1) is 13.4. The summed E-state index contributed by atoms with van der Waals surface area (Å²) in [6.07, 6.45) is 0. The molecule has 1 aromatic heterocycles. The third-order valence-electron chi connectivity index (χ3n) is 3.85. The predicted molar refractivity (Wildman–Crippen MR) is 84.3 cm³/mol. The van der Waals surface area contributed by atoms with Crippen LogP contribution in [0.25, 0.3) is 10.9 Å². The third-order valence-corrected chi connectivity index (χ3v) is 3.85. The van der Waals surface area contributed by atoms with Gasteiger partial charge in [-0.15, -0.1) is 0 Å². The Morgan fingerprint density at radius 2 is 1.70 bits per heavy atom. The second-order valence-electron chi connectivity index (χ2n) is 5.27. The van der Waals surface area contributed by atoms with E-state index < -0.39 is 11.7 Å². The normalized spacial score (nSPS) is 13.7. The molecule has 23 heavy (non-hydrogen) atoms. The number of carbonyl (C=O) groups excluding carboxylic acids is 2. The number of hydrogen-bond donors (Lipinski definition) is 1. The molecule has 0 bridgehead atoms. The van der Waals surface area contributed by atoms with Crippen molar-refractivity contribution in [2.24, 2.45) is 0 Å². The molecule has 6 heteroatoms. The number of anilines is 1. The zero-order valence-electron chi connectivity index (χ0n) is 11.9. The van der Waals surface area contributed by atoms with E-state index in [0.717, 1.165) is 0 Å². The van der Waals surface area contributed by atoms with Gasteiger partial charge in [0.15, 0.2) is 0 Å². The van der Waals surface area contributed by atoms with Gasteiger partial charge >= 0.3 is 0 Å². The molecule has 0 unspecified atom stereocenters. The van der Waals surface area contributed by atoms with Crippen LogP contribution in [0.1, 0.15) is 16.2 Å². The lowest BCUT2D eigenvalue weighted by Crippen LogP contribution is -2.30. The average molecular weight is 305 g/mol. The quantitative estimate of drug-likeness (QED) is 0.730. The molecule has 4 rings (SSSR count). The van der Waals surface area contributed by atoms with Gasteiger partial charge in [-0.3, -0.25) is 19.3 Å². The van der Waals surface area contributed by atoms with E-state index in [1.165, 1.54) is 4.90 Å². The van der Waals surface area contributed by atoms with Crippen molar-refractivity contribution < 1.29 is 9.59 Å². The molecule has 0 aliphatic carbocycles. The summed E-state index contributed by atoms with van der Waals surface area (Å²) in [6.45, 7) is 0.0433. The number of Topliss-reactive ketones (excluding diaryl/α,β-unsaturated/α-hetero) is 1. The van der Waals surface area contributed by atoms with Crippen LogP contribution in [0.15, 0.2) is 53.3 Å². The molecule has 0 saturated heterocycles. The van der Waals surface area contributed by atoms with E-state index in [9.17, 15) is 14.4 Å². The number of rotatable bonds is 2. The summed E-state index contributed by atoms with van der Waals surface area (Å²) in [6, 6.07) is 13.8. The van der Waals surface area contributed by atoms with Gasteiger partial charge in [0.05, 0.1) is 28.7 Å². The first-order valence-electron chi connectivity index (χ1n) is 7.08. The Balaban J connectivity index is 1.78. The fourth-order valence-corrected chi connectivity index (χ4v) is 2.76. The number of ketones is 1. The van der Waals surface area contributed by atoms with E-state index in [4.69, 9.17) is 0 Å². The highest BCUT2D eigenvalue weighted by molar-refractivity contribution is 6.52. The van der Waals surface area contributed by atoms with Crippen molar-refractivity contribution in [2.75, 3.05) is 4.90 Å². The van der Waals surface area contributed by atoms with Gasteiger partial charge in [-0.05, 0) is 24.3 Å². The molecular weight excluding hydrogens is 294 g/mol. The number of para-hydroxylation sites is 2. The lowest BCUT2D eigenvalue weighted by atomic mass is 10.1. The lowest BCUT2D eigenvalue weighted by Gasteiger charge is -2.15. The van der Waals surface area contributed by atoms with Gasteiger partial charge in [-0.1, -0.05) is 24.3 Å². The van der Waals surface area contributed by atoms with E-state index in [1.54, 1.807) is 48.5 Å². The number of nitrogens with one attached hydrogen (secondary N) is 1. The summed E-state index contributed by atoms with van der Waals surface area (Å²) in [5.74, 6) is -0.808. The number of benzene rings is 2. The highest BCUT2D eigenvalue weighted by Gasteiger charge is 2.35. The van der Waals surface area contributed by atoms with Crippen molar-refractivity contribution in [3.8, 4) is 0 Å². The molecule has 2 aromatic carbocycles. The van der Waals surface area contributed by atoms with Crippen molar-refractivity contribution >= 4 is 28.3 Å². The SMILES string of the molecule is O=C1C(=O)N(Cc2nc3ccccc3c(=O)[nH]2)c2ccccc21. The van der Waals surface area contributed by atoms with Crippen LogP contribution in [0.3, 0.4) is 0 Å². The first-order valence-corrected chi connectivity index (χ1v) is 7.08. The average Bonchev–Trinajstić information content (AvgIpc) is 2.80. The van der Waals surface area contributed by atoms with Gasteiger partial charge in [-0.2, -0.15) is 0 Å². The zero-order valence-corrected chi connectivity index (χ0v) is 11.9. The number of amides is 1. The number of aromatic amines is 1. The molecule has 0 radical (unpaired) electrons. The zero-order chi connectivity index (χ0) is 16.0. The Kier molecular flexibility index (Phi) is 2.84. The van der Waals surface area contributed by atoms with E-state index >= 15 is 0 Å². The van der Waals surface area contributed by atoms with Crippen LogP contribution in [-0.4, -0.2) is 21.7 Å². The van der Waals surface area contributed by atoms with Crippen LogP contribution >= 0.6 is 0 Å². The maximum Gasteiger partial charge on any atom is 0.299 e. The maximum atomic E-state index is 12.2. The van der Waals surface area contributed by atoms with Gasteiger partial charge in [0.2, 0.25) is 0 Å². The van der Waals surface area contributed by atoms with E-state index in [0.29, 0.717) is 28.0 Å². The Morgan fingerprint density at radius 3 is 2.57 bits per heavy atom. The van der Waals surface area contributed by atoms with Gasteiger partial charge in [0.25, 0.3) is 17.2 Å². The molecule has 0 atom stereocenters. The second-order valence-corrected chi connectivity index (χ2v) is 5.27. The Hall–Kier alpha value is -3.28. The van der Waals surface area contributed by atoms with Gasteiger partial charge in [-0.25, -0.2) is 4.98 Å². The molecule has 0 spiro atoms. The van der Waals surface area contributed by atoms with E-state index in [-0.39, 0.29) is 12.1 Å². The molecule has 1 amide bonds. The van der Waals surface area contributed by atoms with Gasteiger partial charge < -0.3 is 4.98 Å². The van der Waals surface area contributed by atoms with Crippen molar-refractivity contribution in [3.05, 3.63) is 70.3 Å². The van der Waals surface area contributed by atoms with Crippen LogP contribution < -0.4 is 10.5 Å². The van der Waals surface area contributed by atoms with Crippen molar-refractivity contribution in [2.45, 2.75) is 6.54 Å². The minimum absolute atomic E-state index is 0.0433. The highest BCUT2D eigenvalue weighted by atomic mass is 16.2. The molecule has 1 aliphatic heterocycles. The van der Waals surface area contributed by atoms with Crippen molar-refractivity contribution in [1.82, 2.24) is 9.97 Å². The minimum Gasteiger partial charge on any atom is -0.308 e. The number of nitrogens with zero attached hydrogens (tertiary/aromatic N) is 2. The molecule has 3 aromatic rings. The number of H-pyrrole nitrogens is 1. The smallest absolute Gasteiger partial charge is 0.299 e. The number of fused-ring (bicyclic) bond motifs is 2. The van der Waals surface area contributed by atoms with Crippen molar-refractivity contribution in [3.63, 3.8) is 0 Å². The van der Waals surface area contributed by atoms with Gasteiger partial charge in [0, 0.05) is 0 Å². The molecule has 112 valence electrons. The summed E-state index contributed by atoms with van der Waals surface area (Å²) in [7, 11) is 0. The standard InChI is InChI=1S/C17H11N3O3/c21-15-11-6-2-4-8-13(11)20(17(15)23)9-14-18-12-7-3-1-5-10(12)16(22)19-14/h1-8H,9H2,(H,18,19,22). The van der Waals surface area contributed by atoms with E-state index in [2.05, 4.69) is 9.97 Å². The summed E-state index contributed by atoms with van der Waals surface area (Å²) in [5.41, 5.74) is 1.20. The third kappa shape index (κ3) is 2.03. The Morgan fingerprint density at radius 1 is 0.957 bits per heavy atom. The summed E-state index contributed by atoms with van der Waals surface area (Å²) >= 11 is 0. The number of aromatic nitrogens is 2. The van der Waals surface area contributed by atoms with Crippen LogP contribution in [0, 0.1) is 0 Å². The molecule has 1 N–H and O–H groups in total. The molecule has 0 fully saturated rings. The fourth-order valence-electron chi connectivity index (χ4n) is 2.76. The van der Waals surface area contributed by atoms with Crippen LogP contribution in [-0.2, 0) is 11.3 Å². The van der Waals surface area contributed by atoms with Crippen LogP contribution in [0.5, 0.6) is 0 Å². The summed E-state index contributed by atoms with van der Waals surface area (Å²) < 4.78 is 0. The minimum atomic E-state index is -0.609. The first-order chi connectivity index (χ1) is 11.1. The maximum absolute atomic E-state index is 12.2. The summed E-state index contributed by atoms with van der Waals surface area (Å²) in [5, 5.41) is 0.487. The van der Waals surface area contributed by atoms with Crippen LogP contribution in [0.4, 0.5) is 5.69 Å².